The fourth-order valence-corrected chi connectivity index (χ4v) is 2.28. The Hall–Kier alpha value is -0.780. The van der Waals surface area contributed by atoms with E-state index in [0.29, 0.717) is 13.0 Å². The lowest BCUT2D eigenvalue weighted by Gasteiger charge is -2.42. The molecule has 0 aliphatic carbocycles. The maximum Gasteiger partial charge on any atom is 0.404 e. The van der Waals surface area contributed by atoms with Gasteiger partial charge in [-0.2, -0.15) is 13.2 Å². The average molecular weight is 239 g/mol. The number of carbonyl (C=O) groups is 1. The van der Waals surface area contributed by atoms with E-state index >= 15 is 0 Å². The summed E-state index contributed by atoms with van der Waals surface area (Å²) in [4.78, 5) is 12.1. The summed E-state index contributed by atoms with van der Waals surface area (Å²) >= 11 is 0. The molecule has 0 radical (unpaired) electrons. The molecule has 0 aromatic heterocycles. The smallest absolute Gasteiger partial charge is 0.404 e. The molecule has 1 fully saturated rings. The monoisotopic (exact) mass is 239 g/mol. The van der Waals surface area contributed by atoms with Gasteiger partial charge in [-0.3, -0.25) is 9.69 Å². The highest BCUT2D eigenvalue weighted by Crippen LogP contribution is 2.36. The van der Waals surface area contributed by atoms with Gasteiger partial charge in [-0.25, -0.2) is 0 Å². The summed E-state index contributed by atoms with van der Waals surface area (Å²) in [6.07, 6.45) is -3.88. The Bertz CT molecular complexity index is 265. The van der Waals surface area contributed by atoms with Crippen LogP contribution in [-0.2, 0) is 4.79 Å². The Morgan fingerprint density at radius 2 is 2.00 bits per heavy atom. The lowest BCUT2D eigenvalue weighted by Crippen LogP contribution is -2.57. The molecule has 94 valence electrons. The van der Waals surface area contributed by atoms with Gasteiger partial charge in [-0.05, 0) is 33.2 Å². The minimum absolute atomic E-state index is 0.0999. The first-order chi connectivity index (χ1) is 7.25. The van der Waals surface area contributed by atoms with Crippen LogP contribution in [0, 0.1) is 5.92 Å². The molecule has 0 saturated carbocycles. The fourth-order valence-electron chi connectivity index (χ4n) is 2.28. The molecule has 1 aliphatic rings. The second-order valence-corrected chi connectivity index (χ2v) is 4.40. The van der Waals surface area contributed by atoms with Crippen molar-refractivity contribution in [3.05, 3.63) is 0 Å². The van der Waals surface area contributed by atoms with Gasteiger partial charge in [0.1, 0.15) is 6.04 Å². The molecule has 2 atom stereocenters. The number of hydrogen-bond acceptors (Lipinski definition) is 2. The number of halogens is 3. The van der Waals surface area contributed by atoms with Gasteiger partial charge in [0.2, 0.25) is 0 Å². The van der Waals surface area contributed by atoms with E-state index < -0.39 is 24.1 Å². The second kappa shape index (κ2) is 4.61. The summed E-state index contributed by atoms with van der Waals surface area (Å²) < 4.78 is 38.6. The molecule has 0 aromatic rings. The van der Waals surface area contributed by atoms with Crippen molar-refractivity contribution in [3.63, 3.8) is 0 Å². The highest BCUT2D eigenvalue weighted by molar-refractivity contribution is 5.71. The molecule has 6 heteroatoms. The number of likely N-dealkylation sites (tertiary alicyclic amines) is 1. The summed E-state index contributed by atoms with van der Waals surface area (Å²) in [5.74, 6) is -2.69. The Morgan fingerprint density at radius 3 is 2.38 bits per heavy atom. The topological polar surface area (TPSA) is 40.5 Å². The number of carboxylic acid groups (broad SMARTS) is 1. The lowest BCUT2D eigenvalue weighted by molar-refractivity contribution is -0.215. The molecule has 1 rings (SSSR count). The molecule has 1 heterocycles. The zero-order valence-corrected chi connectivity index (χ0v) is 9.29. The Balaban J connectivity index is 2.99. The van der Waals surface area contributed by atoms with E-state index in [0.717, 1.165) is 0 Å². The van der Waals surface area contributed by atoms with Crippen molar-refractivity contribution in [2.24, 2.45) is 5.92 Å². The van der Waals surface area contributed by atoms with Crippen LogP contribution in [0.3, 0.4) is 0 Å². The minimum atomic E-state index is -4.48. The van der Waals surface area contributed by atoms with Gasteiger partial charge < -0.3 is 5.11 Å². The Labute approximate surface area is 92.2 Å². The van der Waals surface area contributed by atoms with Crippen LogP contribution in [0.15, 0.2) is 0 Å². The largest absolute Gasteiger partial charge is 0.481 e. The van der Waals surface area contributed by atoms with Gasteiger partial charge in [0, 0.05) is 6.04 Å². The summed E-state index contributed by atoms with van der Waals surface area (Å²) in [6.45, 7) is 3.62. The molecule has 16 heavy (non-hydrogen) atoms. The number of hydrogen-bond donors (Lipinski definition) is 1. The summed E-state index contributed by atoms with van der Waals surface area (Å²) in [7, 11) is 0. The quantitative estimate of drug-likeness (QED) is 0.802. The molecule has 3 nitrogen and oxygen atoms in total. The van der Waals surface area contributed by atoms with Crippen LogP contribution >= 0.6 is 0 Å². The predicted octanol–water partition coefficient (Wildman–Crippen LogP) is 2.12. The summed E-state index contributed by atoms with van der Waals surface area (Å²) in [6, 6.07) is -2.15. The molecule has 0 bridgehead atoms. The number of carboxylic acids is 1. The number of alkyl halides is 3. The molecule has 0 spiro atoms. The normalized spacial score (nSPS) is 28.4. The highest BCUT2D eigenvalue weighted by atomic mass is 19.4. The maximum absolute atomic E-state index is 12.9. The predicted molar refractivity (Wildman–Crippen MR) is 52.0 cm³/mol. The third-order valence-electron chi connectivity index (χ3n) is 2.99. The third-order valence-corrected chi connectivity index (χ3v) is 2.99. The first-order valence-corrected chi connectivity index (χ1v) is 5.30. The van der Waals surface area contributed by atoms with E-state index in [1.807, 2.05) is 0 Å². The number of rotatable bonds is 2. The van der Waals surface area contributed by atoms with E-state index in [9.17, 15) is 18.0 Å². The van der Waals surface area contributed by atoms with Crippen LogP contribution < -0.4 is 0 Å². The van der Waals surface area contributed by atoms with Gasteiger partial charge >= 0.3 is 12.1 Å². The zero-order chi connectivity index (χ0) is 12.5. The number of aliphatic carboxylic acids is 1. The standard InChI is InChI=1S/C10H16F3NO2/c1-6(2)14-5-3-4-7(9(15)16)8(14)10(11,12)13/h6-8H,3-5H2,1-2H3,(H,15,16)/t7-,8-/m0/s1. The van der Waals surface area contributed by atoms with E-state index in [1.165, 1.54) is 4.90 Å². The summed E-state index contributed by atoms with van der Waals surface area (Å²) in [5, 5.41) is 8.84. The lowest BCUT2D eigenvalue weighted by atomic mass is 9.87. The number of nitrogens with zero attached hydrogens (tertiary/aromatic N) is 1. The van der Waals surface area contributed by atoms with Gasteiger partial charge in [0.05, 0.1) is 5.92 Å². The molecule has 0 amide bonds. The van der Waals surface area contributed by atoms with Crippen LogP contribution in [0.4, 0.5) is 13.2 Å². The van der Waals surface area contributed by atoms with Gasteiger partial charge in [0.25, 0.3) is 0 Å². The van der Waals surface area contributed by atoms with Crippen LogP contribution in [0.2, 0.25) is 0 Å². The molecule has 1 saturated heterocycles. The van der Waals surface area contributed by atoms with E-state index in [1.54, 1.807) is 13.8 Å². The van der Waals surface area contributed by atoms with Gasteiger partial charge in [-0.15, -0.1) is 0 Å². The molecule has 1 aliphatic heterocycles. The van der Waals surface area contributed by atoms with Crippen molar-refractivity contribution in [1.82, 2.24) is 4.90 Å². The van der Waals surface area contributed by atoms with Crippen LogP contribution in [0.25, 0.3) is 0 Å². The summed E-state index contributed by atoms with van der Waals surface area (Å²) in [5.41, 5.74) is 0. The Morgan fingerprint density at radius 1 is 1.44 bits per heavy atom. The molecule has 0 aromatic carbocycles. The van der Waals surface area contributed by atoms with Crippen molar-refractivity contribution in [2.45, 2.75) is 44.9 Å². The van der Waals surface area contributed by atoms with E-state index in [-0.39, 0.29) is 12.5 Å². The molecular weight excluding hydrogens is 223 g/mol. The van der Waals surface area contributed by atoms with Crippen molar-refractivity contribution in [3.8, 4) is 0 Å². The van der Waals surface area contributed by atoms with Crippen LogP contribution in [-0.4, -0.2) is 40.8 Å². The minimum Gasteiger partial charge on any atom is -0.481 e. The third kappa shape index (κ3) is 2.66. The van der Waals surface area contributed by atoms with Crippen molar-refractivity contribution >= 4 is 5.97 Å². The van der Waals surface area contributed by atoms with E-state index in [4.69, 9.17) is 5.11 Å². The van der Waals surface area contributed by atoms with Crippen LogP contribution in [0.1, 0.15) is 26.7 Å². The molecule has 1 N–H and O–H groups in total. The van der Waals surface area contributed by atoms with Crippen molar-refractivity contribution < 1.29 is 23.1 Å². The van der Waals surface area contributed by atoms with Gasteiger partial charge in [-0.1, -0.05) is 0 Å². The fraction of sp³-hybridized carbons (Fsp3) is 0.900. The molecule has 0 unspecified atom stereocenters. The first-order valence-electron chi connectivity index (χ1n) is 5.30. The molecular formula is C10H16F3NO2. The van der Waals surface area contributed by atoms with E-state index in [2.05, 4.69) is 0 Å². The zero-order valence-electron chi connectivity index (χ0n) is 9.29. The van der Waals surface area contributed by atoms with Crippen molar-refractivity contribution in [1.29, 1.82) is 0 Å². The second-order valence-electron chi connectivity index (χ2n) is 4.40. The first kappa shape index (κ1) is 13.3. The Kier molecular flexibility index (Phi) is 3.83. The maximum atomic E-state index is 12.9. The SMILES string of the molecule is CC(C)N1CCC[C@H](C(=O)O)[C@H]1C(F)(F)F. The van der Waals surface area contributed by atoms with Crippen LogP contribution in [0.5, 0.6) is 0 Å². The average Bonchev–Trinajstić information content (AvgIpc) is 2.15. The highest BCUT2D eigenvalue weighted by Gasteiger charge is 2.52. The number of piperidine rings is 1. The van der Waals surface area contributed by atoms with Gasteiger partial charge in [0.15, 0.2) is 0 Å². The van der Waals surface area contributed by atoms with Crippen molar-refractivity contribution in [2.75, 3.05) is 6.54 Å².